The number of halogens is 5. The number of ether oxygens (including phenoxy) is 2. The van der Waals surface area contributed by atoms with Crippen LogP contribution in [0.5, 0.6) is 17.2 Å². The molecule has 0 radical (unpaired) electrons. The van der Waals surface area contributed by atoms with E-state index in [9.17, 15) is 13.2 Å². The van der Waals surface area contributed by atoms with Crippen molar-refractivity contribution in [2.75, 3.05) is 18.0 Å². The lowest BCUT2D eigenvalue weighted by molar-refractivity contribution is -0.274. The Morgan fingerprint density at radius 2 is 1.68 bits per heavy atom. The Morgan fingerprint density at radius 3 is 2.29 bits per heavy atom. The summed E-state index contributed by atoms with van der Waals surface area (Å²) >= 11 is 12.0. The van der Waals surface area contributed by atoms with Gasteiger partial charge in [0.1, 0.15) is 5.75 Å². The van der Waals surface area contributed by atoms with Crippen LogP contribution in [0.4, 0.5) is 24.5 Å². The van der Waals surface area contributed by atoms with Gasteiger partial charge in [-0.15, -0.1) is 13.2 Å². The van der Waals surface area contributed by atoms with E-state index in [2.05, 4.69) is 9.71 Å². The maximum Gasteiger partial charge on any atom is 0.573 e. The first-order valence-corrected chi connectivity index (χ1v) is 9.19. The summed E-state index contributed by atoms with van der Waals surface area (Å²) in [5.41, 5.74) is -0.0319. The predicted octanol–water partition coefficient (Wildman–Crippen LogP) is 7.16. The van der Waals surface area contributed by atoms with Gasteiger partial charge in [0.2, 0.25) is 11.1 Å². The van der Waals surface area contributed by atoms with E-state index in [-0.39, 0.29) is 16.5 Å². The number of alkyl halides is 3. The second-order valence-electron chi connectivity index (χ2n) is 6.16. The third-order valence-corrected chi connectivity index (χ3v) is 4.72. The fourth-order valence-electron chi connectivity index (χ4n) is 2.96. The van der Waals surface area contributed by atoms with Crippen LogP contribution in [-0.2, 0) is 0 Å². The summed E-state index contributed by atoms with van der Waals surface area (Å²) in [5, 5.41) is 9.81. The van der Waals surface area contributed by atoms with Gasteiger partial charge in [0, 0.05) is 24.2 Å². The number of anilines is 1. The van der Waals surface area contributed by atoms with Gasteiger partial charge < -0.3 is 14.4 Å². The molecule has 2 aromatic carbocycles. The monoisotopic (exact) mass is 432 g/mol. The summed E-state index contributed by atoms with van der Waals surface area (Å²) in [6.07, 6.45) is -2.11. The van der Waals surface area contributed by atoms with Crippen LogP contribution in [0.2, 0.25) is 10.0 Å². The van der Waals surface area contributed by atoms with Crippen LogP contribution in [0, 0.1) is 5.39 Å². The van der Waals surface area contributed by atoms with Crippen LogP contribution in [0.25, 0.3) is 4.98 Å². The second-order valence-corrected chi connectivity index (χ2v) is 7.00. The molecule has 2 aromatic rings. The Kier molecular flexibility index (Phi) is 6.06. The maximum atomic E-state index is 12.7. The summed E-state index contributed by atoms with van der Waals surface area (Å²) in [6.45, 7) is 1.29. The molecule has 1 fully saturated rings. The van der Waals surface area contributed by atoms with Crippen molar-refractivity contribution in [3.05, 3.63) is 45.4 Å². The molecule has 0 unspecified atom stereocenters. The Hall–Kier alpha value is -2.37. The van der Waals surface area contributed by atoms with Gasteiger partial charge in [-0.2, -0.15) is 0 Å². The zero-order valence-electron chi connectivity index (χ0n) is 14.5. The topological polar surface area (TPSA) is 49.8 Å². The summed E-state index contributed by atoms with van der Waals surface area (Å²) < 4.78 is 48.1. The average molecular weight is 433 g/mol. The van der Waals surface area contributed by atoms with Crippen LogP contribution in [-0.4, -0.2) is 19.5 Å². The van der Waals surface area contributed by atoms with Gasteiger partial charge in [-0.3, -0.25) is 0 Å². The van der Waals surface area contributed by atoms with E-state index >= 15 is 0 Å². The predicted molar refractivity (Wildman–Crippen MR) is 100 cm³/mol. The van der Waals surface area contributed by atoms with E-state index in [0.29, 0.717) is 23.8 Å². The Morgan fingerprint density at radius 1 is 0.964 bits per heavy atom. The molecule has 0 aliphatic carbocycles. The quantitative estimate of drug-likeness (QED) is 0.480. The standard InChI is InChI=1S/C18H15Cl2F3N3O2/c19-11-4-5-15(12(20)8-11)27-17-9-13(25-24)16(28-18(21,22)23)10-14(17)26-6-2-1-3-7-26/h4-5,8-10H,1-3,6-7H2/q+1. The molecule has 0 atom stereocenters. The molecule has 0 amide bonds. The molecule has 1 saturated heterocycles. The molecule has 5 nitrogen and oxygen atoms in total. The van der Waals surface area contributed by atoms with Crippen LogP contribution in [0.3, 0.4) is 0 Å². The Labute approximate surface area is 169 Å². The van der Waals surface area contributed by atoms with Crippen LogP contribution >= 0.6 is 23.2 Å². The lowest BCUT2D eigenvalue weighted by Gasteiger charge is -2.30. The number of hydrogen-bond donors (Lipinski definition) is 0. The highest BCUT2D eigenvalue weighted by Crippen LogP contribution is 2.45. The van der Waals surface area contributed by atoms with Crippen molar-refractivity contribution in [3.63, 3.8) is 0 Å². The van der Waals surface area contributed by atoms with Crippen molar-refractivity contribution in [1.82, 2.24) is 0 Å². The fourth-order valence-corrected chi connectivity index (χ4v) is 3.41. The fraction of sp³-hybridized carbons (Fsp3) is 0.333. The minimum atomic E-state index is -4.93. The van der Waals surface area contributed by atoms with E-state index in [4.69, 9.17) is 33.3 Å². The maximum absolute atomic E-state index is 12.7. The van der Waals surface area contributed by atoms with E-state index in [0.717, 1.165) is 25.3 Å². The summed E-state index contributed by atoms with van der Waals surface area (Å²) in [5.74, 6) is -0.170. The van der Waals surface area contributed by atoms with Gasteiger partial charge in [0.05, 0.1) is 16.8 Å². The molecule has 1 aliphatic rings. The summed E-state index contributed by atoms with van der Waals surface area (Å²) in [7, 11) is 0. The molecule has 0 N–H and O–H groups in total. The molecule has 28 heavy (non-hydrogen) atoms. The number of piperidine rings is 1. The number of diazo groups is 1. The van der Waals surface area contributed by atoms with Crippen molar-refractivity contribution < 1.29 is 22.6 Å². The zero-order chi connectivity index (χ0) is 20.3. The third-order valence-electron chi connectivity index (χ3n) is 4.18. The van der Waals surface area contributed by atoms with Gasteiger partial charge in [-0.05, 0) is 37.5 Å². The van der Waals surface area contributed by atoms with Crippen molar-refractivity contribution in [1.29, 1.82) is 5.39 Å². The van der Waals surface area contributed by atoms with Crippen LogP contribution < -0.4 is 14.4 Å². The average Bonchev–Trinajstić information content (AvgIpc) is 2.64. The Bertz CT molecular complexity index is 910. The molecule has 0 bridgehead atoms. The summed E-state index contributed by atoms with van der Waals surface area (Å²) in [6, 6.07) is 6.93. The lowest BCUT2D eigenvalue weighted by Crippen LogP contribution is -2.29. The van der Waals surface area contributed by atoms with E-state index in [1.165, 1.54) is 12.1 Å². The molecule has 148 valence electrons. The molecular formula is C18H15Cl2F3N3O2+. The van der Waals surface area contributed by atoms with Gasteiger partial charge in [-0.25, -0.2) is 0 Å². The number of rotatable bonds is 4. The molecule has 1 heterocycles. The van der Waals surface area contributed by atoms with Gasteiger partial charge >= 0.3 is 12.0 Å². The van der Waals surface area contributed by atoms with Crippen molar-refractivity contribution in [2.24, 2.45) is 0 Å². The highest BCUT2D eigenvalue weighted by molar-refractivity contribution is 6.35. The Balaban J connectivity index is 2.06. The second kappa shape index (κ2) is 8.33. The van der Waals surface area contributed by atoms with Crippen LogP contribution in [0.15, 0.2) is 30.3 Å². The van der Waals surface area contributed by atoms with E-state index in [1.54, 1.807) is 12.1 Å². The highest BCUT2D eigenvalue weighted by atomic mass is 35.5. The number of nitrogens with zero attached hydrogens (tertiary/aromatic N) is 3. The van der Waals surface area contributed by atoms with Gasteiger partial charge in [-0.1, -0.05) is 23.2 Å². The number of hydrogen-bond acceptors (Lipinski definition) is 4. The molecule has 0 aromatic heterocycles. The van der Waals surface area contributed by atoms with Crippen LogP contribution in [0.1, 0.15) is 19.3 Å². The molecule has 0 spiro atoms. The lowest BCUT2D eigenvalue weighted by atomic mass is 10.1. The molecule has 0 saturated carbocycles. The number of benzene rings is 2. The van der Waals surface area contributed by atoms with E-state index in [1.807, 2.05) is 4.90 Å². The molecular weight excluding hydrogens is 418 g/mol. The van der Waals surface area contributed by atoms with Gasteiger partial charge in [0.25, 0.3) is 0 Å². The summed E-state index contributed by atoms with van der Waals surface area (Å²) in [4.78, 5) is 4.80. The van der Waals surface area contributed by atoms with Gasteiger partial charge in [0.15, 0.2) is 10.7 Å². The first kappa shape index (κ1) is 20.4. The van der Waals surface area contributed by atoms with Crippen molar-refractivity contribution >= 4 is 34.6 Å². The minimum absolute atomic E-state index is 0.188. The minimum Gasteiger partial charge on any atom is -0.453 e. The smallest absolute Gasteiger partial charge is 0.453 e. The van der Waals surface area contributed by atoms with E-state index < -0.39 is 17.8 Å². The zero-order valence-corrected chi connectivity index (χ0v) is 16.0. The molecule has 10 heteroatoms. The molecule has 3 rings (SSSR count). The first-order chi connectivity index (χ1) is 13.3. The first-order valence-electron chi connectivity index (χ1n) is 8.43. The third kappa shape index (κ3) is 4.91. The largest absolute Gasteiger partial charge is 0.573 e. The van der Waals surface area contributed by atoms with Crippen molar-refractivity contribution in [3.8, 4) is 17.2 Å². The SMILES string of the molecule is N#[N+]c1cc(Oc2ccc(Cl)cc2Cl)c(N2CCCCC2)cc1OC(F)(F)F. The molecule has 1 aliphatic heterocycles. The van der Waals surface area contributed by atoms with Crippen molar-refractivity contribution in [2.45, 2.75) is 25.6 Å². The highest BCUT2D eigenvalue weighted by Gasteiger charge is 2.36. The normalized spacial score (nSPS) is 14.5.